The van der Waals surface area contributed by atoms with Gasteiger partial charge in [-0.05, 0) is 40.7 Å². The lowest BCUT2D eigenvalue weighted by Gasteiger charge is -2.47. The maximum atomic E-state index is 5.42. The third kappa shape index (κ3) is 1.80. The van der Waals surface area contributed by atoms with Crippen molar-refractivity contribution in [2.45, 2.75) is 51.3 Å². The molecule has 1 unspecified atom stereocenters. The van der Waals surface area contributed by atoms with Gasteiger partial charge in [0.15, 0.2) is 0 Å². The molecule has 0 aliphatic carbocycles. The highest BCUT2D eigenvalue weighted by atomic mass is 16.5. The van der Waals surface area contributed by atoms with Gasteiger partial charge in [-0.3, -0.25) is 4.90 Å². The molecule has 0 aromatic carbocycles. The Hall–Kier alpha value is -0.0800. The van der Waals surface area contributed by atoms with E-state index in [-0.39, 0.29) is 0 Å². The second-order valence-corrected chi connectivity index (χ2v) is 4.57. The minimum absolute atomic E-state index is 0.290. The van der Waals surface area contributed by atoms with Crippen molar-refractivity contribution in [3.05, 3.63) is 0 Å². The second kappa shape index (κ2) is 3.35. The Balaban J connectivity index is 2.65. The molecule has 12 heavy (non-hydrogen) atoms. The van der Waals surface area contributed by atoms with Crippen LogP contribution in [0.1, 0.15) is 33.6 Å². The monoisotopic (exact) mass is 171 g/mol. The first-order valence-corrected chi connectivity index (χ1v) is 4.73. The van der Waals surface area contributed by atoms with Gasteiger partial charge in [0.05, 0.1) is 6.10 Å². The third-order valence-electron chi connectivity index (χ3n) is 3.28. The Labute approximate surface area is 75.9 Å². The molecule has 0 aromatic rings. The molecule has 72 valence electrons. The highest BCUT2D eigenvalue weighted by Crippen LogP contribution is 2.31. The lowest BCUT2D eigenvalue weighted by molar-refractivity contribution is -0.0392. The van der Waals surface area contributed by atoms with E-state index in [9.17, 15) is 0 Å². The molecule has 0 saturated carbocycles. The predicted octanol–water partition coefficient (Wildman–Crippen LogP) is 1.89. The van der Waals surface area contributed by atoms with Gasteiger partial charge in [-0.15, -0.1) is 0 Å². The molecule has 0 bridgehead atoms. The highest BCUT2D eigenvalue weighted by Gasteiger charge is 2.36. The molecule has 0 spiro atoms. The molecule has 0 radical (unpaired) electrons. The Bertz CT molecular complexity index is 156. The molecule has 1 saturated heterocycles. The highest BCUT2D eigenvalue weighted by molar-refractivity contribution is 4.91. The molecule has 2 atom stereocenters. The summed E-state index contributed by atoms with van der Waals surface area (Å²) in [6.07, 6.45) is 2.76. The number of nitrogens with zero attached hydrogens (tertiary/aromatic N) is 1. The average Bonchev–Trinajstić information content (AvgIpc) is 1.99. The Morgan fingerprint density at radius 3 is 2.42 bits per heavy atom. The first kappa shape index (κ1) is 10.0. The minimum atomic E-state index is 0.290. The van der Waals surface area contributed by atoms with E-state index >= 15 is 0 Å². The van der Waals surface area contributed by atoms with E-state index in [0.717, 1.165) is 12.8 Å². The van der Waals surface area contributed by atoms with Gasteiger partial charge in [0.25, 0.3) is 0 Å². The van der Waals surface area contributed by atoms with E-state index in [0.29, 0.717) is 17.7 Å². The van der Waals surface area contributed by atoms with Gasteiger partial charge in [0.1, 0.15) is 0 Å². The minimum Gasteiger partial charge on any atom is -0.381 e. The molecule has 2 heteroatoms. The topological polar surface area (TPSA) is 12.5 Å². The molecule has 0 amide bonds. The largest absolute Gasteiger partial charge is 0.381 e. The quantitative estimate of drug-likeness (QED) is 0.597. The van der Waals surface area contributed by atoms with Gasteiger partial charge in [-0.2, -0.15) is 0 Å². The summed E-state index contributed by atoms with van der Waals surface area (Å²) in [7, 11) is 4.02. The summed E-state index contributed by atoms with van der Waals surface area (Å²) in [5.74, 6) is 0. The van der Waals surface area contributed by atoms with Crippen molar-refractivity contribution in [1.29, 1.82) is 0 Å². The first-order valence-electron chi connectivity index (χ1n) is 4.73. The molecule has 1 heterocycles. The maximum absolute atomic E-state index is 5.42. The van der Waals surface area contributed by atoms with Crippen LogP contribution in [-0.4, -0.2) is 36.7 Å². The summed E-state index contributed by atoms with van der Waals surface area (Å²) in [4.78, 5) is 2.45. The first-order chi connectivity index (χ1) is 5.47. The van der Waals surface area contributed by atoms with Crippen LogP contribution in [0, 0.1) is 0 Å². The van der Waals surface area contributed by atoms with E-state index in [1.54, 1.807) is 0 Å². The summed E-state index contributed by atoms with van der Waals surface area (Å²) in [5, 5.41) is 0. The van der Waals surface area contributed by atoms with Crippen LogP contribution in [0.15, 0.2) is 0 Å². The summed E-state index contributed by atoms with van der Waals surface area (Å²) in [6.45, 7) is 6.84. The van der Waals surface area contributed by atoms with E-state index in [1.165, 1.54) is 0 Å². The Morgan fingerprint density at radius 2 is 2.00 bits per heavy atom. The molecule has 1 fully saturated rings. The van der Waals surface area contributed by atoms with E-state index in [1.807, 2.05) is 7.11 Å². The summed E-state index contributed by atoms with van der Waals surface area (Å²) in [6, 6.07) is 0.638. The predicted molar refractivity (Wildman–Crippen MR) is 51.3 cm³/mol. The SMILES string of the molecule is CO[C@H]1CC(C)N(C)C(C)(C)C1. The van der Waals surface area contributed by atoms with Crippen molar-refractivity contribution in [2.75, 3.05) is 14.2 Å². The van der Waals surface area contributed by atoms with E-state index in [2.05, 4.69) is 32.7 Å². The number of hydrogen-bond donors (Lipinski definition) is 0. The van der Waals surface area contributed by atoms with Gasteiger partial charge in [0, 0.05) is 18.7 Å². The molecular weight excluding hydrogens is 150 g/mol. The number of methoxy groups -OCH3 is 1. The molecule has 0 aromatic heterocycles. The number of hydrogen-bond acceptors (Lipinski definition) is 2. The van der Waals surface area contributed by atoms with Gasteiger partial charge >= 0.3 is 0 Å². The Morgan fingerprint density at radius 1 is 1.42 bits per heavy atom. The lowest BCUT2D eigenvalue weighted by Crippen LogP contribution is -2.53. The van der Waals surface area contributed by atoms with E-state index < -0.39 is 0 Å². The standard InChI is InChI=1S/C10H21NO/c1-8-6-9(12-5)7-10(2,3)11(8)4/h8-9H,6-7H2,1-5H3/t8?,9-/m0/s1. The maximum Gasteiger partial charge on any atom is 0.0603 e. The Kier molecular flexibility index (Phi) is 2.79. The zero-order valence-corrected chi connectivity index (χ0v) is 8.92. The van der Waals surface area contributed by atoms with Crippen LogP contribution < -0.4 is 0 Å². The number of rotatable bonds is 1. The molecule has 1 rings (SSSR count). The van der Waals surface area contributed by atoms with Crippen LogP contribution in [-0.2, 0) is 4.74 Å². The van der Waals surface area contributed by atoms with Gasteiger partial charge in [-0.1, -0.05) is 0 Å². The van der Waals surface area contributed by atoms with Crippen LogP contribution in [0.4, 0.5) is 0 Å². The second-order valence-electron chi connectivity index (χ2n) is 4.57. The lowest BCUT2D eigenvalue weighted by atomic mass is 9.85. The van der Waals surface area contributed by atoms with Crippen molar-refractivity contribution in [2.24, 2.45) is 0 Å². The van der Waals surface area contributed by atoms with Crippen molar-refractivity contribution < 1.29 is 4.74 Å². The smallest absolute Gasteiger partial charge is 0.0603 e. The molecule has 1 aliphatic heterocycles. The number of piperidine rings is 1. The van der Waals surface area contributed by atoms with Gasteiger partial charge in [0.2, 0.25) is 0 Å². The molecule has 0 N–H and O–H groups in total. The summed E-state index contributed by atoms with van der Waals surface area (Å²) >= 11 is 0. The van der Waals surface area contributed by atoms with Crippen molar-refractivity contribution >= 4 is 0 Å². The fourth-order valence-corrected chi connectivity index (χ4v) is 2.10. The van der Waals surface area contributed by atoms with Crippen LogP contribution in [0.2, 0.25) is 0 Å². The molecule has 2 nitrogen and oxygen atoms in total. The average molecular weight is 171 g/mol. The molecular formula is C10H21NO. The van der Waals surface area contributed by atoms with E-state index in [4.69, 9.17) is 4.74 Å². The number of likely N-dealkylation sites (tertiary alicyclic amines) is 1. The van der Waals surface area contributed by atoms with Crippen molar-refractivity contribution in [3.63, 3.8) is 0 Å². The number of ether oxygens (including phenoxy) is 1. The summed E-state index contributed by atoms with van der Waals surface area (Å²) in [5.41, 5.74) is 0.290. The molecule has 1 aliphatic rings. The zero-order chi connectivity index (χ0) is 9.35. The van der Waals surface area contributed by atoms with Crippen LogP contribution in [0.25, 0.3) is 0 Å². The summed E-state index contributed by atoms with van der Waals surface area (Å²) < 4.78 is 5.42. The fourth-order valence-electron chi connectivity index (χ4n) is 2.10. The van der Waals surface area contributed by atoms with Crippen LogP contribution in [0.3, 0.4) is 0 Å². The van der Waals surface area contributed by atoms with Crippen LogP contribution >= 0.6 is 0 Å². The zero-order valence-electron chi connectivity index (χ0n) is 8.92. The van der Waals surface area contributed by atoms with Crippen molar-refractivity contribution in [3.8, 4) is 0 Å². The van der Waals surface area contributed by atoms with Gasteiger partial charge in [-0.25, -0.2) is 0 Å². The normalized spacial score (nSPS) is 36.8. The fraction of sp³-hybridized carbons (Fsp3) is 1.00. The van der Waals surface area contributed by atoms with Crippen molar-refractivity contribution in [1.82, 2.24) is 4.90 Å². The third-order valence-corrected chi connectivity index (χ3v) is 3.28. The van der Waals surface area contributed by atoms with Gasteiger partial charge < -0.3 is 4.74 Å². The van der Waals surface area contributed by atoms with Crippen LogP contribution in [0.5, 0.6) is 0 Å².